The minimum atomic E-state index is 1.01. The summed E-state index contributed by atoms with van der Waals surface area (Å²) in [6, 6.07) is 7.88. The second-order valence-electron chi connectivity index (χ2n) is 2.32. The quantitative estimate of drug-likeness (QED) is 0.741. The van der Waals surface area contributed by atoms with Crippen LogP contribution in [0.3, 0.4) is 0 Å². The molecular formula is C8H6BrN3. The summed E-state index contributed by atoms with van der Waals surface area (Å²) in [6.45, 7) is 0. The van der Waals surface area contributed by atoms with E-state index in [4.69, 9.17) is 0 Å². The van der Waals surface area contributed by atoms with Crippen LogP contribution in [0, 0.1) is 0 Å². The number of rotatable bonds is 1. The van der Waals surface area contributed by atoms with Crippen molar-refractivity contribution in [1.82, 2.24) is 15.0 Å². The Hall–Kier alpha value is -1.16. The molecule has 2 rings (SSSR count). The molecule has 0 amide bonds. The topological polar surface area (TPSA) is 30.7 Å². The van der Waals surface area contributed by atoms with E-state index in [1.807, 2.05) is 30.5 Å². The Morgan fingerprint density at radius 1 is 1.17 bits per heavy atom. The van der Waals surface area contributed by atoms with Crippen LogP contribution < -0.4 is 0 Å². The fourth-order valence-corrected chi connectivity index (χ4v) is 1.20. The minimum Gasteiger partial charge on any atom is -0.221 e. The van der Waals surface area contributed by atoms with Crippen molar-refractivity contribution in [2.75, 3.05) is 0 Å². The summed E-state index contributed by atoms with van der Waals surface area (Å²) in [7, 11) is 0. The molecule has 0 aliphatic heterocycles. The average Bonchev–Trinajstić information content (AvgIpc) is 2.58. The van der Waals surface area contributed by atoms with Gasteiger partial charge in [0.05, 0.1) is 18.1 Å². The van der Waals surface area contributed by atoms with Crippen LogP contribution in [0.4, 0.5) is 0 Å². The first-order valence-corrected chi connectivity index (χ1v) is 4.28. The fourth-order valence-electron chi connectivity index (χ4n) is 0.940. The highest BCUT2D eigenvalue weighted by atomic mass is 79.9. The molecular weight excluding hydrogens is 218 g/mol. The van der Waals surface area contributed by atoms with Gasteiger partial charge in [-0.1, -0.05) is 21.1 Å². The van der Waals surface area contributed by atoms with Gasteiger partial charge in [-0.15, -0.1) is 5.10 Å². The molecule has 4 heteroatoms. The first-order chi connectivity index (χ1) is 5.86. The smallest absolute Gasteiger partial charge is 0.0697 e. The molecule has 0 atom stereocenters. The zero-order chi connectivity index (χ0) is 8.39. The number of hydrogen-bond donors (Lipinski definition) is 0. The lowest BCUT2D eigenvalue weighted by molar-refractivity contribution is 0.803. The van der Waals surface area contributed by atoms with Gasteiger partial charge in [0.1, 0.15) is 0 Å². The largest absolute Gasteiger partial charge is 0.221 e. The van der Waals surface area contributed by atoms with Gasteiger partial charge in [0.25, 0.3) is 0 Å². The Balaban J connectivity index is 2.43. The molecule has 0 radical (unpaired) electrons. The van der Waals surface area contributed by atoms with Gasteiger partial charge >= 0.3 is 0 Å². The Bertz CT molecular complexity index is 352. The van der Waals surface area contributed by atoms with Crippen LogP contribution in [0.2, 0.25) is 0 Å². The van der Waals surface area contributed by atoms with Crippen LogP contribution in [0.5, 0.6) is 0 Å². The van der Waals surface area contributed by atoms with E-state index in [0.29, 0.717) is 0 Å². The number of nitrogens with zero attached hydrogens (tertiary/aromatic N) is 3. The highest BCUT2D eigenvalue weighted by molar-refractivity contribution is 9.10. The van der Waals surface area contributed by atoms with Gasteiger partial charge < -0.3 is 0 Å². The summed E-state index contributed by atoms with van der Waals surface area (Å²) < 4.78 is 2.78. The molecule has 12 heavy (non-hydrogen) atoms. The van der Waals surface area contributed by atoms with Crippen molar-refractivity contribution in [3.8, 4) is 5.69 Å². The van der Waals surface area contributed by atoms with E-state index in [9.17, 15) is 0 Å². The van der Waals surface area contributed by atoms with Gasteiger partial charge in [0.15, 0.2) is 0 Å². The molecule has 0 fully saturated rings. The monoisotopic (exact) mass is 223 g/mol. The first kappa shape index (κ1) is 7.49. The molecule has 1 aromatic heterocycles. The predicted molar refractivity (Wildman–Crippen MR) is 49.1 cm³/mol. The number of benzene rings is 1. The molecule has 0 bridgehead atoms. The molecule has 1 aromatic carbocycles. The Morgan fingerprint density at radius 2 is 1.92 bits per heavy atom. The van der Waals surface area contributed by atoms with Crippen molar-refractivity contribution in [1.29, 1.82) is 0 Å². The van der Waals surface area contributed by atoms with Crippen LogP contribution >= 0.6 is 15.9 Å². The predicted octanol–water partition coefficient (Wildman–Crippen LogP) is 2.03. The summed E-state index contributed by atoms with van der Waals surface area (Å²) in [6.07, 6.45) is 3.46. The third-order valence-electron chi connectivity index (χ3n) is 1.51. The van der Waals surface area contributed by atoms with Gasteiger partial charge in [-0.25, -0.2) is 4.68 Å². The summed E-state index contributed by atoms with van der Waals surface area (Å²) in [5.41, 5.74) is 1.01. The molecule has 1 heterocycles. The second kappa shape index (κ2) is 3.06. The lowest BCUT2D eigenvalue weighted by Gasteiger charge is -1.98. The summed E-state index contributed by atoms with van der Waals surface area (Å²) in [5, 5.41) is 7.59. The fraction of sp³-hybridized carbons (Fsp3) is 0. The number of aromatic nitrogens is 3. The normalized spacial score (nSPS) is 10.1. The molecule has 60 valence electrons. The molecule has 0 unspecified atom stereocenters. The van der Waals surface area contributed by atoms with Crippen LogP contribution in [-0.4, -0.2) is 15.0 Å². The van der Waals surface area contributed by atoms with Crippen LogP contribution in [0.25, 0.3) is 5.69 Å². The van der Waals surface area contributed by atoms with E-state index < -0.39 is 0 Å². The molecule has 3 nitrogen and oxygen atoms in total. The SMILES string of the molecule is Brc1ccc(-n2ccnn2)cc1. The van der Waals surface area contributed by atoms with Gasteiger partial charge in [0.2, 0.25) is 0 Å². The minimum absolute atomic E-state index is 1.01. The summed E-state index contributed by atoms with van der Waals surface area (Å²) in [4.78, 5) is 0. The maximum absolute atomic E-state index is 3.87. The third-order valence-corrected chi connectivity index (χ3v) is 2.04. The third kappa shape index (κ3) is 1.38. The lowest BCUT2D eigenvalue weighted by Crippen LogP contribution is -1.93. The van der Waals surface area contributed by atoms with Crippen molar-refractivity contribution < 1.29 is 0 Å². The molecule has 0 aliphatic rings. The van der Waals surface area contributed by atoms with Crippen molar-refractivity contribution in [2.24, 2.45) is 0 Å². The van der Waals surface area contributed by atoms with Gasteiger partial charge in [-0.2, -0.15) is 0 Å². The summed E-state index contributed by atoms with van der Waals surface area (Å²) >= 11 is 3.36. The zero-order valence-corrected chi connectivity index (χ0v) is 7.77. The van der Waals surface area contributed by atoms with Gasteiger partial charge in [0, 0.05) is 4.47 Å². The highest BCUT2D eigenvalue weighted by Gasteiger charge is 1.94. The van der Waals surface area contributed by atoms with E-state index in [1.165, 1.54) is 0 Å². The Labute approximate surface area is 78.2 Å². The van der Waals surface area contributed by atoms with Crippen LogP contribution in [0.15, 0.2) is 41.1 Å². The maximum Gasteiger partial charge on any atom is 0.0697 e. The second-order valence-corrected chi connectivity index (χ2v) is 3.24. The number of hydrogen-bond acceptors (Lipinski definition) is 2. The van der Waals surface area contributed by atoms with Crippen LogP contribution in [-0.2, 0) is 0 Å². The van der Waals surface area contributed by atoms with E-state index >= 15 is 0 Å². The van der Waals surface area contributed by atoms with E-state index in [2.05, 4.69) is 26.2 Å². The molecule has 0 saturated heterocycles. The molecule has 0 spiro atoms. The average molecular weight is 224 g/mol. The molecule has 0 N–H and O–H groups in total. The zero-order valence-electron chi connectivity index (χ0n) is 6.18. The van der Waals surface area contributed by atoms with Gasteiger partial charge in [-0.05, 0) is 24.3 Å². The molecule has 2 aromatic rings. The summed E-state index contributed by atoms with van der Waals surface area (Å²) in [5.74, 6) is 0. The number of halogens is 1. The highest BCUT2D eigenvalue weighted by Crippen LogP contribution is 2.12. The van der Waals surface area contributed by atoms with E-state index in [-0.39, 0.29) is 0 Å². The standard InChI is InChI=1S/C8H6BrN3/c9-7-1-3-8(4-2-7)12-6-5-10-11-12/h1-6H. The first-order valence-electron chi connectivity index (χ1n) is 3.48. The van der Waals surface area contributed by atoms with Crippen LogP contribution in [0.1, 0.15) is 0 Å². The lowest BCUT2D eigenvalue weighted by atomic mass is 10.3. The Morgan fingerprint density at radius 3 is 2.50 bits per heavy atom. The van der Waals surface area contributed by atoms with Crippen molar-refractivity contribution >= 4 is 15.9 Å². The molecule has 0 saturated carbocycles. The van der Waals surface area contributed by atoms with E-state index in [1.54, 1.807) is 10.9 Å². The van der Waals surface area contributed by atoms with E-state index in [0.717, 1.165) is 10.2 Å². The van der Waals surface area contributed by atoms with Crippen molar-refractivity contribution in [3.63, 3.8) is 0 Å². The molecule has 0 aliphatic carbocycles. The maximum atomic E-state index is 3.87. The van der Waals surface area contributed by atoms with Gasteiger partial charge in [-0.3, -0.25) is 0 Å². The van der Waals surface area contributed by atoms with Crippen molar-refractivity contribution in [2.45, 2.75) is 0 Å². The van der Waals surface area contributed by atoms with Crippen molar-refractivity contribution in [3.05, 3.63) is 41.1 Å². The Kier molecular flexibility index (Phi) is 1.91.